The van der Waals surface area contributed by atoms with Crippen LogP contribution < -0.4 is 5.73 Å². The molecule has 0 aliphatic carbocycles. The van der Waals surface area contributed by atoms with Gasteiger partial charge in [0.25, 0.3) is 0 Å². The Morgan fingerprint density at radius 3 is 2.64 bits per heavy atom. The standard InChI is InChI=1S/C9H8BrF2NO/c10-5-1-2-6(11)8(9(5)12)7(14)3-4-13/h1-2H,3-4,13H2. The van der Waals surface area contributed by atoms with E-state index in [1.807, 2.05) is 0 Å². The third-order valence-corrected chi connectivity index (χ3v) is 2.31. The molecule has 0 amide bonds. The van der Waals surface area contributed by atoms with Crippen molar-refractivity contribution in [3.8, 4) is 0 Å². The average molecular weight is 264 g/mol. The monoisotopic (exact) mass is 263 g/mol. The van der Waals surface area contributed by atoms with Crippen LogP contribution in [0.2, 0.25) is 0 Å². The lowest BCUT2D eigenvalue weighted by Gasteiger charge is -2.04. The molecule has 0 aromatic heterocycles. The van der Waals surface area contributed by atoms with E-state index in [0.29, 0.717) is 0 Å². The number of Topliss-reactive ketones (excluding diaryl/α,β-unsaturated/α-hetero) is 1. The molecule has 0 saturated heterocycles. The number of rotatable bonds is 3. The molecule has 0 heterocycles. The predicted octanol–water partition coefficient (Wildman–Crippen LogP) is 2.26. The summed E-state index contributed by atoms with van der Waals surface area (Å²) in [5, 5.41) is 0. The highest BCUT2D eigenvalue weighted by molar-refractivity contribution is 9.10. The van der Waals surface area contributed by atoms with Gasteiger partial charge in [-0.05, 0) is 34.6 Å². The minimum absolute atomic E-state index is 0.0652. The van der Waals surface area contributed by atoms with Gasteiger partial charge in [-0.15, -0.1) is 0 Å². The van der Waals surface area contributed by atoms with Gasteiger partial charge in [0.2, 0.25) is 0 Å². The summed E-state index contributed by atoms with van der Waals surface area (Å²) in [6, 6.07) is 2.25. The predicted molar refractivity (Wildman–Crippen MR) is 52.1 cm³/mol. The summed E-state index contributed by atoms with van der Waals surface area (Å²) in [7, 11) is 0. The zero-order chi connectivity index (χ0) is 10.7. The summed E-state index contributed by atoms with van der Waals surface area (Å²) in [5.41, 5.74) is 4.60. The Hall–Kier alpha value is -0.810. The van der Waals surface area contributed by atoms with Crippen LogP contribution in [0.4, 0.5) is 8.78 Å². The van der Waals surface area contributed by atoms with Crippen molar-refractivity contribution in [2.75, 3.05) is 6.54 Å². The Labute approximate surface area is 88.2 Å². The zero-order valence-electron chi connectivity index (χ0n) is 7.19. The third-order valence-electron chi connectivity index (χ3n) is 1.69. The average Bonchev–Trinajstić information content (AvgIpc) is 2.13. The lowest BCUT2D eigenvalue weighted by atomic mass is 10.1. The number of hydrogen-bond donors (Lipinski definition) is 1. The SMILES string of the molecule is NCCC(=O)c1c(F)ccc(Br)c1F. The molecule has 76 valence electrons. The topological polar surface area (TPSA) is 43.1 Å². The maximum absolute atomic E-state index is 13.3. The highest BCUT2D eigenvalue weighted by Gasteiger charge is 2.18. The van der Waals surface area contributed by atoms with Crippen molar-refractivity contribution < 1.29 is 13.6 Å². The summed E-state index contributed by atoms with van der Waals surface area (Å²) in [5.74, 6) is -2.35. The number of benzene rings is 1. The molecule has 0 atom stereocenters. The van der Waals surface area contributed by atoms with Crippen molar-refractivity contribution >= 4 is 21.7 Å². The quantitative estimate of drug-likeness (QED) is 0.672. The van der Waals surface area contributed by atoms with Gasteiger partial charge in [0, 0.05) is 6.42 Å². The first-order valence-electron chi connectivity index (χ1n) is 3.94. The van der Waals surface area contributed by atoms with Crippen LogP contribution in [0.5, 0.6) is 0 Å². The summed E-state index contributed by atoms with van der Waals surface area (Å²) in [6.45, 7) is 0.0736. The molecule has 0 spiro atoms. The number of nitrogens with two attached hydrogens (primary N) is 1. The van der Waals surface area contributed by atoms with Crippen molar-refractivity contribution in [3.05, 3.63) is 33.8 Å². The minimum atomic E-state index is -0.872. The van der Waals surface area contributed by atoms with Crippen LogP contribution in [0.3, 0.4) is 0 Å². The molecule has 14 heavy (non-hydrogen) atoms. The summed E-state index contributed by atoms with van der Waals surface area (Å²) in [4.78, 5) is 11.3. The highest BCUT2D eigenvalue weighted by Crippen LogP contribution is 2.22. The smallest absolute Gasteiger partial charge is 0.170 e. The molecule has 1 rings (SSSR count). The molecule has 2 N–H and O–H groups in total. The van der Waals surface area contributed by atoms with Gasteiger partial charge in [-0.25, -0.2) is 8.78 Å². The van der Waals surface area contributed by atoms with Gasteiger partial charge in [0.05, 0.1) is 10.0 Å². The summed E-state index contributed by atoms with van der Waals surface area (Å²) in [6.07, 6.45) is -0.0652. The van der Waals surface area contributed by atoms with E-state index in [1.165, 1.54) is 6.07 Å². The Morgan fingerprint density at radius 2 is 2.07 bits per heavy atom. The fourth-order valence-electron chi connectivity index (χ4n) is 1.04. The Kier molecular flexibility index (Phi) is 3.71. The summed E-state index contributed by atoms with van der Waals surface area (Å²) < 4.78 is 26.4. The molecule has 5 heteroatoms. The van der Waals surface area contributed by atoms with E-state index < -0.39 is 23.0 Å². The maximum atomic E-state index is 13.3. The van der Waals surface area contributed by atoms with Gasteiger partial charge < -0.3 is 5.73 Å². The molecular weight excluding hydrogens is 256 g/mol. The lowest BCUT2D eigenvalue weighted by Crippen LogP contribution is -2.12. The Bertz CT molecular complexity index is 368. The fraction of sp³-hybridized carbons (Fsp3) is 0.222. The van der Waals surface area contributed by atoms with Crippen molar-refractivity contribution in [1.29, 1.82) is 0 Å². The number of carbonyl (C=O) groups excluding carboxylic acids is 1. The van der Waals surface area contributed by atoms with Crippen molar-refractivity contribution in [3.63, 3.8) is 0 Å². The van der Waals surface area contributed by atoms with Crippen LogP contribution in [-0.4, -0.2) is 12.3 Å². The van der Waals surface area contributed by atoms with Crippen molar-refractivity contribution in [2.45, 2.75) is 6.42 Å². The second-order valence-electron chi connectivity index (χ2n) is 2.68. The van der Waals surface area contributed by atoms with E-state index in [9.17, 15) is 13.6 Å². The fourth-order valence-corrected chi connectivity index (χ4v) is 1.37. The lowest BCUT2D eigenvalue weighted by molar-refractivity contribution is 0.0977. The number of carbonyl (C=O) groups is 1. The van der Waals surface area contributed by atoms with Gasteiger partial charge in [-0.1, -0.05) is 0 Å². The second kappa shape index (κ2) is 4.61. The molecule has 0 aliphatic heterocycles. The first-order chi connectivity index (χ1) is 6.57. The van der Waals surface area contributed by atoms with Crippen LogP contribution in [0.25, 0.3) is 0 Å². The number of hydrogen-bond acceptors (Lipinski definition) is 2. The zero-order valence-corrected chi connectivity index (χ0v) is 8.77. The molecule has 2 nitrogen and oxygen atoms in total. The van der Waals surface area contributed by atoms with E-state index in [-0.39, 0.29) is 17.4 Å². The van der Waals surface area contributed by atoms with Crippen molar-refractivity contribution in [2.24, 2.45) is 5.73 Å². The molecule has 0 radical (unpaired) electrons. The first-order valence-corrected chi connectivity index (χ1v) is 4.74. The number of halogens is 3. The van der Waals surface area contributed by atoms with Crippen LogP contribution in [0.15, 0.2) is 16.6 Å². The van der Waals surface area contributed by atoms with Crippen molar-refractivity contribution in [1.82, 2.24) is 0 Å². The second-order valence-corrected chi connectivity index (χ2v) is 3.53. The minimum Gasteiger partial charge on any atom is -0.330 e. The molecule has 1 aromatic carbocycles. The molecule has 0 unspecified atom stereocenters. The number of ketones is 1. The van der Waals surface area contributed by atoms with E-state index in [1.54, 1.807) is 0 Å². The van der Waals surface area contributed by atoms with Crippen LogP contribution >= 0.6 is 15.9 Å². The third kappa shape index (κ3) is 2.16. The highest BCUT2D eigenvalue weighted by atomic mass is 79.9. The van der Waals surface area contributed by atoms with Gasteiger partial charge in [0.15, 0.2) is 11.6 Å². The van der Waals surface area contributed by atoms with Gasteiger partial charge >= 0.3 is 0 Å². The molecule has 0 saturated carbocycles. The van der Waals surface area contributed by atoms with Gasteiger partial charge in [-0.3, -0.25) is 4.79 Å². The van der Waals surface area contributed by atoms with E-state index in [4.69, 9.17) is 5.73 Å². The largest absolute Gasteiger partial charge is 0.330 e. The van der Waals surface area contributed by atoms with Gasteiger partial charge in [-0.2, -0.15) is 0 Å². The Morgan fingerprint density at radius 1 is 1.43 bits per heavy atom. The van der Waals surface area contributed by atoms with Crippen LogP contribution in [0.1, 0.15) is 16.8 Å². The van der Waals surface area contributed by atoms with Crippen LogP contribution in [0, 0.1) is 11.6 Å². The summed E-state index contributed by atoms with van der Waals surface area (Å²) >= 11 is 2.87. The van der Waals surface area contributed by atoms with E-state index >= 15 is 0 Å². The Balaban J connectivity index is 3.18. The van der Waals surface area contributed by atoms with E-state index in [2.05, 4.69) is 15.9 Å². The van der Waals surface area contributed by atoms with Crippen LogP contribution in [-0.2, 0) is 0 Å². The first kappa shape index (κ1) is 11.3. The molecule has 0 aliphatic rings. The molecule has 0 bridgehead atoms. The maximum Gasteiger partial charge on any atom is 0.170 e. The molecule has 1 aromatic rings. The molecular formula is C9H8BrF2NO. The van der Waals surface area contributed by atoms with E-state index in [0.717, 1.165) is 6.07 Å². The van der Waals surface area contributed by atoms with Gasteiger partial charge in [0.1, 0.15) is 5.82 Å². The molecule has 0 fully saturated rings. The normalized spacial score (nSPS) is 10.3.